The number of rotatable bonds is 11. The van der Waals surface area contributed by atoms with E-state index in [0.29, 0.717) is 16.9 Å². The Morgan fingerprint density at radius 2 is 1.58 bits per heavy atom. The predicted octanol–water partition coefficient (Wildman–Crippen LogP) is 6.61. The molecule has 6 aromatic rings. The first-order chi connectivity index (χ1) is 25.0. The molecule has 0 fully saturated rings. The SMILES string of the molecule is CCN(C(=O)OOc1nc(-c2cccc(-c3nn[nH]n3)c2)nc(S(=O)(=O)c2ccc(C(C)(C)C)cc2)c1Oc1ccccc1OC)c1ccccn1. The molecule has 0 bridgehead atoms. The van der Waals surface area contributed by atoms with Crippen LogP contribution in [0.2, 0.25) is 0 Å². The molecule has 0 aliphatic carbocycles. The average Bonchev–Trinajstić information content (AvgIpc) is 3.70. The molecule has 52 heavy (non-hydrogen) atoms. The Morgan fingerprint density at radius 3 is 2.21 bits per heavy atom. The highest BCUT2D eigenvalue weighted by Gasteiger charge is 2.33. The lowest BCUT2D eigenvalue weighted by molar-refractivity contribution is -0.144. The molecule has 0 spiro atoms. The molecule has 3 aromatic heterocycles. The van der Waals surface area contributed by atoms with Crippen LogP contribution in [-0.2, 0) is 20.1 Å². The molecule has 0 unspecified atom stereocenters. The van der Waals surface area contributed by atoms with Crippen LogP contribution in [-0.4, -0.2) is 63.7 Å². The number of ether oxygens (including phenoxy) is 2. The molecular formula is C36H34N8O7S. The number of sulfone groups is 1. The van der Waals surface area contributed by atoms with E-state index >= 15 is 0 Å². The number of tetrazole rings is 1. The van der Waals surface area contributed by atoms with Gasteiger partial charge in [0.15, 0.2) is 17.3 Å². The second kappa shape index (κ2) is 14.8. The Kier molecular flexibility index (Phi) is 10.1. The molecular weight excluding hydrogens is 689 g/mol. The monoisotopic (exact) mass is 722 g/mol. The molecule has 1 amide bonds. The highest BCUT2D eigenvalue weighted by molar-refractivity contribution is 7.91. The van der Waals surface area contributed by atoms with Crippen molar-refractivity contribution in [2.24, 2.45) is 0 Å². The van der Waals surface area contributed by atoms with Crippen LogP contribution in [0, 0.1) is 0 Å². The van der Waals surface area contributed by atoms with E-state index in [1.165, 1.54) is 30.3 Å². The number of aromatic nitrogens is 7. The molecule has 15 nitrogen and oxygen atoms in total. The Balaban J connectivity index is 1.54. The van der Waals surface area contributed by atoms with Gasteiger partial charge in [0.2, 0.25) is 26.4 Å². The third-order valence-corrected chi connectivity index (χ3v) is 9.43. The summed E-state index contributed by atoms with van der Waals surface area (Å²) in [5.41, 5.74) is 1.57. The van der Waals surface area contributed by atoms with Crippen LogP contribution in [0.3, 0.4) is 0 Å². The fraction of sp³-hybridized carbons (Fsp3) is 0.194. The number of benzene rings is 3. The lowest BCUT2D eigenvalue weighted by Gasteiger charge is -2.20. The third kappa shape index (κ3) is 7.51. The van der Waals surface area contributed by atoms with Crippen molar-refractivity contribution in [1.29, 1.82) is 0 Å². The summed E-state index contributed by atoms with van der Waals surface area (Å²) in [7, 11) is -3.04. The molecule has 0 atom stereocenters. The summed E-state index contributed by atoms with van der Waals surface area (Å²) in [4.78, 5) is 38.7. The van der Waals surface area contributed by atoms with Gasteiger partial charge in [0.25, 0.3) is 0 Å². The number of H-pyrrole nitrogens is 1. The second-order valence-corrected chi connectivity index (χ2v) is 14.1. The smallest absolute Gasteiger partial charge is 0.458 e. The maximum absolute atomic E-state index is 14.6. The summed E-state index contributed by atoms with van der Waals surface area (Å²) in [5, 5.41) is 13.5. The van der Waals surface area contributed by atoms with E-state index in [2.05, 4.69) is 35.6 Å². The highest BCUT2D eigenvalue weighted by Crippen LogP contribution is 2.42. The number of carbonyl (C=O) groups excluding carboxylic acids is 1. The van der Waals surface area contributed by atoms with Crippen LogP contribution in [0.25, 0.3) is 22.8 Å². The molecule has 0 aliphatic heterocycles. The Bertz CT molecular complexity index is 2280. The molecule has 1 N–H and O–H groups in total. The van der Waals surface area contributed by atoms with Crippen molar-refractivity contribution >= 4 is 21.7 Å². The van der Waals surface area contributed by atoms with Gasteiger partial charge in [-0.1, -0.05) is 69.3 Å². The third-order valence-electron chi connectivity index (χ3n) is 7.75. The normalized spacial score (nSPS) is 11.5. The second-order valence-electron chi connectivity index (χ2n) is 12.2. The van der Waals surface area contributed by atoms with Crippen molar-refractivity contribution in [3.8, 4) is 45.9 Å². The number of nitrogens with one attached hydrogen (secondary N) is 1. The van der Waals surface area contributed by atoms with Crippen molar-refractivity contribution in [2.75, 3.05) is 18.6 Å². The molecule has 6 rings (SSSR count). The van der Waals surface area contributed by atoms with Crippen LogP contribution < -0.4 is 19.3 Å². The molecule has 0 saturated heterocycles. The van der Waals surface area contributed by atoms with Gasteiger partial charge in [-0.25, -0.2) is 28.1 Å². The fourth-order valence-electron chi connectivity index (χ4n) is 5.02. The molecule has 3 heterocycles. The van der Waals surface area contributed by atoms with Crippen LogP contribution >= 0.6 is 0 Å². The maximum Gasteiger partial charge on any atom is 0.458 e. The minimum Gasteiger partial charge on any atom is -0.493 e. The van der Waals surface area contributed by atoms with Crippen molar-refractivity contribution in [3.05, 3.63) is 103 Å². The zero-order chi connectivity index (χ0) is 36.9. The minimum atomic E-state index is -4.48. The first-order valence-electron chi connectivity index (χ1n) is 16.0. The number of amides is 1. The minimum absolute atomic E-state index is 0.0779. The molecule has 0 radical (unpaired) electrons. The largest absolute Gasteiger partial charge is 0.493 e. The summed E-state index contributed by atoms with van der Waals surface area (Å²) >= 11 is 0. The fourth-order valence-corrected chi connectivity index (χ4v) is 6.32. The van der Waals surface area contributed by atoms with Crippen LogP contribution in [0.5, 0.6) is 23.1 Å². The van der Waals surface area contributed by atoms with E-state index in [1.807, 2.05) is 20.8 Å². The van der Waals surface area contributed by atoms with Crippen molar-refractivity contribution in [1.82, 2.24) is 35.6 Å². The van der Waals surface area contributed by atoms with Crippen molar-refractivity contribution in [2.45, 2.75) is 43.0 Å². The predicted molar refractivity (Wildman–Crippen MR) is 189 cm³/mol. The van der Waals surface area contributed by atoms with Crippen LogP contribution in [0.1, 0.15) is 33.3 Å². The van der Waals surface area contributed by atoms with Gasteiger partial charge in [-0.15, -0.1) is 10.2 Å². The number of nitrogens with zero attached hydrogens (tertiary/aromatic N) is 7. The summed E-state index contributed by atoms with van der Waals surface area (Å²) < 4.78 is 40.9. The van der Waals surface area contributed by atoms with E-state index in [4.69, 9.17) is 19.2 Å². The standard InChI is InChI=1S/C36H34N8O7S/c1-6-44(29-16-9-10-21-37-29)35(45)51-50-33-30(49-28-15-8-7-14-27(28)48-5)34(52(46,47)26-19-17-25(18-20-26)36(2,3)4)39-31(38-33)23-12-11-13-24(22-23)32-40-42-43-41-32/h7-22H,6H2,1-5H3,(H,40,41,42,43). The zero-order valence-electron chi connectivity index (χ0n) is 28.8. The first kappa shape index (κ1) is 35.4. The molecule has 0 aliphatic rings. The van der Waals surface area contributed by atoms with Crippen molar-refractivity contribution in [3.63, 3.8) is 0 Å². The van der Waals surface area contributed by atoms with E-state index in [9.17, 15) is 13.2 Å². The Morgan fingerprint density at radius 1 is 0.865 bits per heavy atom. The number of pyridine rings is 1. The molecule has 16 heteroatoms. The number of aromatic amines is 1. The molecule has 0 saturated carbocycles. The highest BCUT2D eigenvalue weighted by atomic mass is 32.2. The zero-order valence-corrected chi connectivity index (χ0v) is 29.7. The molecule has 3 aromatic carbocycles. The summed E-state index contributed by atoms with van der Waals surface area (Å²) in [6.07, 6.45) is 0.571. The van der Waals surface area contributed by atoms with E-state index < -0.39 is 32.6 Å². The maximum atomic E-state index is 14.6. The van der Waals surface area contributed by atoms with Gasteiger partial charge in [0, 0.05) is 23.9 Å². The van der Waals surface area contributed by atoms with E-state index in [1.54, 1.807) is 85.8 Å². The van der Waals surface area contributed by atoms with Gasteiger partial charge in [-0.3, -0.25) is 9.79 Å². The number of para-hydroxylation sites is 2. The Hall–Kier alpha value is -6.42. The van der Waals surface area contributed by atoms with E-state index in [0.717, 1.165) is 5.56 Å². The lowest BCUT2D eigenvalue weighted by Crippen LogP contribution is -2.33. The number of carbonyl (C=O) groups is 1. The summed E-state index contributed by atoms with van der Waals surface area (Å²) in [6.45, 7) is 7.96. The van der Waals surface area contributed by atoms with Crippen LogP contribution in [0.15, 0.2) is 107 Å². The number of anilines is 1. The lowest BCUT2D eigenvalue weighted by atomic mass is 9.87. The van der Waals surface area contributed by atoms with Gasteiger partial charge in [-0.2, -0.15) is 10.2 Å². The molecule has 266 valence electrons. The van der Waals surface area contributed by atoms with Gasteiger partial charge in [0.05, 0.1) is 12.0 Å². The van der Waals surface area contributed by atoms with Crippen LogP contribution in [0.4, 0.5) is 10.6 Å². The quantitative estimate of drug-likeness (QED) is 0.0857. The van der Waals surface area contributed by atoms with Gasteiger partial charge >= 0.3 is 12.0 Å². The first-order valence-corrected chi connectivity index (χ1v) is 17.5. The number of methoxy groups -OCH3 is 1. The Labute approximate surface area is 299 Å². The van der Waals surface area contributed by atoms with Gasteiger partial charge < -0.3 is 9.47 Å². The van der Waals surface area contributed by atoms with Gasteiger partial charge in [0.1, 0.15) is 5.82 Å². The van der Waals surface area contributed by atoms with Gasteiger partial charge in [-0.05, 0) is 65.6 Å². The van der Waals surface area contributed by atoms with E-state index in [-0.39, 0.29) is 40.0 Å². The van der Waals surface area contributed by atoms with Crippen molar-refractivity contribution < 1.29 is 32.5 Å². The summed E-state index contributed by atoms with van der Waals surface area (Å²) in [5.74, 6) is -0.123. The topological polar surface area (TPSA) is 184 Å². The average molecular weight is 723 g/mol. The number of hydrogen-bond donors (Lipinski definition) is 1. The summed E-state index contributed by atoms with van der Waals surface area (Å²) in [6, 6.07) is 24.8. The number of hydrogen-bond acceptors (Lipinski definition) is 13.